The van der Waals surface area contributed by atoms with E-state index >= 15 is 0 Å². The molecule has 1 unspecified atom stereocenters. The molecule has 5 heteroatoms. The van der Waals surface area contributed by atoms with Gasteiger partial charge in [0.1, 0.15) is 0 Å². The van der Waals surface area contributed by atoms with Gasteiger partial charge in [-0.25, -0.2) is 0 Å². The zero-order valence-electron chi connectivity index (χ0n) is 10.1. The molecule has 0 spiro atoms. The Kier molecular flexibility index (Phi) is 4.30. The van der Waals surface area contributed by atoms with E-state index in [9.17, 15) is 9.59 Å². The van der Waals surface area contributed by atoms with Crippen molar-refractivity contribution in [2.24, 2.45) is 0 Å². The van der Waals surface area contributed by atoms with Crippen molar-refractivity contribution in [3.63, 3.8) is 0 Å². The second-order valence-electron chi connectivity index (χ2n) is 4.10. The smallest absolute Gasteiger partial charge is 0.261 e. The highest BCUT2D eigenvalue weighted by Gasteiger charge is 2.34. The summed E-state index contributed by atoms with van der Waals surface area (Å²) in [6.07, 6.45) is 3.47. The molecule has 1 heterocycles. The molecule has 0 saturated heterocycles. The normalized spacial score (nSPS) is 16.0. The van der Waals surface area contributed by atoms with E-state index in [-0.39, 0.29) is 16.5 Å². The minimum Gasteiger partial charge on any atom is -0.274 e. The molecule has 0 saturated carbocycles. The van der Waals surface area contributed by atoms with Crippen molar-refractivity contribution in [2.75, 3.05) is 12.8 Å². The average molecular weight is 284 g/mol. The zero-order valence-corrected chi connectivity index (χ0v) is 11.6. The summed E-state index contributed by atoms with van der Waals surface area (Å²) in [6.45, 7) is 0.441. The van der Waals surface area contributed by atoms with Gasteiger partial charge < -0.3 is 0 Å². The Bertz CT molecular complexity index is 443. The Morgan fingerprint density at radius 3 is 2.28 bits per heavy atom. The summed E-state index contributed by atoms with van der Waals surface area (Å²) in [5.41, 5.74) is 1.02. The van der Waals surface area contributed by atoms with E-state index in [1.165, 1.54) is 4.90 Å². The van der Waals surface area contributed by atoms with Crippen molar-refractivity contribution >= 4 is 35.2 Å². The Hall–Kier alpha value is -1.00. The second kappa shape index (κ2) is 5.76. The van der Waals surface area contributed by atoms with Crippen LogP contribution in [0.15, 0.2) is 24.3 Å². The van der Waals surface area contributed by atoms with Gasteiger partial charge in [-0.1, -0.05) is 12.1 Å². The highest BCUT2D eigenvalue weighted by molar-refractivity contribution is 8.00. The van der Waals surface area contributed by atoms with Crippen molar-refractivity contribution in [3.8, 4) is 0 Å². The molecule has 1 aromatic carbocycles. The van der Waals surface area contributed by atoms with E-state index in [4.69, 9.17) is 11.6 Å². The molecular formula is C13H14ClNO2S. The van der Waals surface area contributed by atoms with Crippen LogP contribution in [0.3, 0.4) is 0 Å². The van der Waals surface area contributed by atoms with E-state index in [0.29, 0.717) is 17.7 Å². The summed E-state index contributed by atoms with van der Waals surface area (Å²) < 4.78 is 0.0418. The number of imide groups is 1. The SMILES string of the molecule is CSC(Cl)CCCN1C(=O)c2ccccc2C1=O. The van der Waals surface area contributed by atoms with Gasteiger partial charge in [-0.2, -0.15) is 0 Å². The number of amides is 2. The first kappa shape index (κ1) is 13.4. The van der Waals surface area contributed by atoms with Crippen LogP contribution in [0.2, 0.25) is 0 Å². The Morgan fingerprint density at radius 2 is 1.78 bits per heavy atom. The Labute approximate surface area is 115 Å². The maximum absolute atomic E-state index is 12.0. The van der Waals surface area contributed by atoms with E-state index < -0.39 is 0 Å². The van der Waals surface area contributed by atoms with Crippen LogP contribution in [-0.4, -0.2) is 34.2 Å². The van der Waals surface area contributed by atoms with Crippen LogP contribution in [0.4, 0.5) is 0 Å². The molecule has 1 aromatic rings. The fourth-order valence-electron chi connectivity index (χ4n) is 1.97. The van der Waals surface area contributed by atoms with Crippen LogP contribution >= 0.6 is 23.4 Å². The maximum Gasteiger partial charge on any atom is 0.261 e. The highest BCUT2D eigenvalue weighted by Crippen LogP contribution is 2.24. The molecule has 0 fully saturated rings. The third-order valence-corrected chi connectivity index (χ3v) is 4.45. The molecule has 1 aliphatic heterocycles. The third-order valence-electron chi connectivity index (χ3n) is 2.95. The molecule has 0 N–H and O–H groups in total. The number of carbonyl (C=O) groups excluding carboxylic acids is 2. The monoisotopic (exact) mass is 283 g/mol. The average Bonchev–Trinajstić information content (AvgIpc) is 2.64. The number of halogens is 1. The topological polar surface area (TPSA) is 37.4 Å². The quantitative estimate of drug-likeness (QED) is 0.616. The van der Waals surface area contributed by atoms with Gasteiger partial charge in [0.2, 0.25) is 0 Å². The molecule has 0 aromatic heterocycles. The van der Waals surface area contributed by atoms with Crippen molar-refractivity contribution in [1.82, 2.24) is 4.90 Å². The van der Waals surface area contributed by atoms with E-state index in [1.807, 2.05) is 6.26 Å². The number of hydrogen-bond acceptors (Lipinski definition) is 3. The predicted molar refractivity (Wildman–Crippen MR) is 74.2 cm³/mol. The molecular weight excluding hydrogens is 270 g/mol. The number of alkyl halides is 1. The zero-order chi connectivity index (χ0) is 13.1. The largest absolute Gasteiger partial charge is 0.274 e. The lowest BCUT2D eigenvalue weighted by atomic mass is 10.1. The van der Waals surface area contributed by atoms with E-state index in [0.717, 1.165) is 12.8 Å². The van der Waals surface area contributed by atoms with Crippen molar-refractivity contribution < 1.29 is 9.59 Å². The molecule has 96 valence electrons. The number of carbonyl (C=O) groups is 2. The fraction of sp³-hybridized carbons (Fsp3) is 0.385. The molecule has 0 bridgehead atoms. The maximum atomic E-state index is 12.0. The van der Waals surface area contributed by atoms with Gasteiger partial charge in [0, 0.05) is 6.54 Å². The number of benzene rings is 1. The molecule has 2 amide bonds. The van der Waals surface area contributed by atoms with Gasteiger partial charge in [0.05, 0.1) is 15.8 Å². The Balaban J connectivity index is 2.01. The summed E-state index contributed by atoms with van der Waals surface area (Å²) in [4.78, 5) is 25.4. The van der Waals surface area contributed by atoms with E-state index in [1.54, 1.807) is 36.0 Å². The summed E-state index contributed by atoms with van der Waals surface area (Å²) in [7, 11) is 0. The standard InChI is InChI=1S/C13H14ClNO2S/c1-18-11(14)7-4-8-15-12(16)9-5-2-3-6-10(9)13(15)17/h2-3,5-6,11H,4,7-8H2,1H3. The van der Waals surface area contributed by atoms with Crippen LogP contribution in [0.25, 0.3) is 0 Å². The van der Waals surface area contributed by atoms with Crippen LogP contribution in [0.1, 0.15) is 33.6 Å². The minimum absolute atomic E-state index is 0.0418. The molecule has 3 nitrogen and oxygen atoms in total. The lowest BCUT2D eigenvalue weighted by Gasteiger charge is -2.14. The van der Waals surface area contributed by atoms with Gasteiger partial charge in [-0.15, -0.1) is 23.4 Å². The second-order valence-corrected chi connectivity index (χ2v) is 5.92. The molecule has 2 rings (SSSR count). The highest BCUT2D eigenvalue weighted by atomic mass is 35.5. The number of fused-ring (bicyclic) bond motifs is 1. The van der Waals surface area contributed by atoms with Crippen LogP contribution in [-0.2, 0) is 0 Å². The van der Waals surface area contributed by atoms with Gasteiger partial charge >= 0.3 is 0 Å². The first-order valence-electron chi connectivity index (χ1n) is 5.77. The molecule has 18 heavy (non-hydrogen) atoms. The van der Waals surface area contributed by atoms with Crippen molar-refractivity contribution in [3.05, 3.63) is 35.4 Å². The molecule has 0 radical (unpaired) electrons. The van der Waals surface area contributed by atoms with Gasteiger partial charge in [0.25, 0.3) is 11.8 Å². The summed E-state index contributed by atoms with van der Waals surface area (Å²) >= 11 is 7.56. The Morgan fingerprint density at radius 1 is 1.22 bits per heavy atom. The fourth-order valence-corrected chi connectivity index (χ4v) is 2.53. The van der Waals surface area contributed by atoms with Crippen LogP contribution in [0, 0.1) is 0 Å². The number of hydrogen-bond donors (Lipinski definition) is 0. The number of rotatable bonds is 5. The molecule has 1 atom stereocenters. The minimum atomic E-state index is -0.189. The van der Waals surface area contributed by atoms with Gasteiger partial charge in [-0.05, 0) is 31.2 Å². The number of thioether (sulfide) groups is 1. The third kappa shape index (κ3) is 2.54. The van der Waals surface area contributed by atoms with Crippen LogP contribution < -0.4 is 0 Å². The molecule has 0 aliphatic carbocycles. The van der Waals surface area contributed by atoms with Gasteiger partial charge in [-0.3, -0.25) is 14.5 Å². The van der Waals surface area contributed by atoms with Crippen molar-refractivity contribution in [2.45, 2.75) is 17.6 Å². The first-order chi connectivity index (χ1) is 8.65. The summed E-state index contributed by atoms with van der Waals surface area (Å²) in [6, 6.07) is 6.94. The van der Waals surface area contributed by atoms with Crippen molar-refractivity contribution in [1.29, 1.82) is 0 Å². The van der Waals surface area contributed by atoms with Crippen LogP contribution in [0.5, 0.6) is 0 Å². The first-order valence-corrected chi connectivity index (χ1v) is 7.49. The molecule has 1 aliphatic rings. The van der Waals surface area contributed by atoms with E-state index in [2.05, 4.69) is 0 Å². The van der Waals surface area contributed by atoms with Gasteiger partial charge in [0.15, 0.2) is 0 Å². The predicted octanol–water partition coefficient (Wildman–Crippen LogP) is 2.99. The number of nitrogens with zero attached hydrogens (tertiary/aromatic N) is 1. The summed E-state index contributed by atoms with van der Waals surface area (Å²) in [5, 5.41) is 0. The lowest BCUT2D eigenvalue weighted by Crippen LogP contribution is -2.30. The lowest BCUT2D eigenvalue weighted by molar-refractivity contribution is 0.0652. The summed E-state index contributed by atoms with van der Waals surface area (Å²) in [5.74, 6) is -0.378.